The van der Waals surface area contributed by atoms with Gasteiger partial charge in [0.05, 0.1) is 39.9 Å². The van der Waals surface area contributed by atoms with Crippen molar-refractivity contribution in [3.63, 3.8) is 0 Å². The van der Waals surface area contributed by atoms with Crippen molar-refractivity contribution in [1.29, 1.82) is 0 Å². The largest absolute Gasteiger partial charge is 0.472 e. The Labute approximate surface area is 321 Å². The summed E-state index contributed by atoms with van der Waals surface area (Å²) in [5.41, 5.74) is 0. The van der Waals surface area contributed by atoms with E-state index in [1.165, 1.54) is 116 Å². The van der Waals surface area contributed by atoms with Gasteiger partial charge in [-0.2, -0.15) is 0 Å². The van der Waals surface area contributed by atoms with E-state index in [4.69, 9.17) is 9.05 Å². The number of nitrogens with one attached hydrogen (secondary N) is 1. The number of phosphoric acid groups is 1. The van der Waals surface area contributed by atoms with Gasteiger partial charge in [0.2, 0.25) is 5.91 Å². The lowest BCUT2D eigenvalue weighted by atomic mass is 10.0. The summed E-state index contributed by atoms with van der Waals surface area (Å²) in [4.78, 5) is 23.0. The highest BCUT2D eigenvalue weighted by atomic mass is 31.2. The van der Waals surface area contributed by atoms with Crippen LogP contribution < -0.4 is 5.32 Å². The molecule has 0 aliphatic rings. The van der Waals surface area contributed by atoms with Crippen molar-refractivity contribution < 1.29 is 32.9 Å². The zero-order valence-corrected chi connectivity index (χ0v) is 35.4. The number of phosphoric ester groups is 1. The number of carbonyl (C=O) groups excluding carboxylic acids is 1. The summed E-state index contributed by atoms with van der Waals surface area (Å²) < 4.78 is 23.5. The van der Waals surface area contributed by atoms with Gasteiger partial charge in [-0.15, -0.1) is 0 Å². The van der Waals surface area contributed by atoms with Crippen molar-refractivity contribution in [2.75, 3.05) is 40.9 Å². The van der Waals surface area contributed by atoms with E-state index in [2.05, 4.69) is 43.5 Å². The van der Waals surface area contributed by atoms with Crippen LogP contribution in [-0.4, -0.2) is 73.4 Å². The summed E-state index contributed by atoms with van der Waals surface area (Å²) in [6, 6.07) is -0.864. The molecule has 1 amide bonds. The van der Waals surface area contributed by atoms with E-state index in [9.17, 15) is 19.4 Å². The molecule has 0 saturated heterocycles. The second-order valence-corrected chi connectivity index (χ2v) is 17.2. The van der Waals surface area contributed by atoms with Crippen molar-refractivity contribution in [2.24, 2.45) is 0 Å². The normalized spacial score (nSPS) is 14.8. The van der Waals surface area contributed by atoms with Crippen LogP contribution >= 0.6 is 7.82 Å². The van der Waals surface area contributed by atoms with Gasteiger partial charge in [-0.25, -0.2) is 4.57 Å². The van der Waals surface area contributed by atoms with Gasteiger partial charge >= 0.3 is 7.82 Å². The Kier molecular flexibility index (Phi) is 34.6. The molecular weight excluding hydrogens is 671 g/mol. The number of unbranched alkanes of at least 4 members (excludes halogenated alkanes) is 21. The van der Waals surface area contributed by atoms with Crippen LogP contribution in [0.3, 0.4) is 0 Å². The number of carbonyl (C=O) groups is 1. The Bertz CT molecular complexity index is 948. The van der Waals surface area contributed by atoms with E-state index < -0.39 is 20.0 Å². The number of allylic oxidation sites excluding steroid dienone is 5. The second-order valence-electron chi connectivity index (χ2n) is 15.7. The minimum absolute atomic E-state index is 0.0544. The lowest BCUT2D eigenvalue weighted by molar-refractivity contribution is -0.870. The van der Waals surface area contributed by atoms with Gasteiger partial charge in [-0.3, -0.25) is 13.8 Å². The lowest BCUT2D eigenvalue weighted by Crippen LogP contribution is -2.45. The molecule has 0 spiro atoms. The first-order valence-corrected chi connectivity index (χ1v) is 22.9. The van der Waals surface area contributed by atoms with Crippen LogP contribution in [0.15, 0.2) is 36.5 Å². The maximum Gasteiger partial charge on any atom is 0.472 e. The van der Waals surface area contributed by atoms with Crippen molar-refractivity contribution in [2.45, 2.75) is 193 Å². The van der Waals surface area contributed by atoms with Crippen LogP contribution in [0.25, 0.3) is 0 Å². The fourth-order valence-electron chi connectivity index (χ4n) is 5.90. The molecule has 3 N–H and O–H groups in total. The number of likely N-dealkylation sites (N-methyl/N-ethyl adjacent to an activating group) is 1. The molecule has 0 saturated carbocycles. The third kappa shape index (κ3) is 37.1. The molecule has 52 heavy (non-hydrogen) atoms. The fraction of sp³-hybridized carbons (Fsp3) is 0.837. The number of aliphatic hydroxyl groups excluding tert-OH is 1. The molecule has 3 unspecified atom stereocenters. The molecule has 0 aromatic carbocycles. The van der Waals surface area contributed by atoms with E-state index >= 15 is 0 Å². The predicted octanol–water partition coefficient (Wildman–Crippen LogP) is 11.5. The van der Waals surface area contributed by atoms with Crippen molar-refractivity contribution in [3.05, 3.63) is 36.5 Å². The summed E-state index contributed by atoms with van der Waals surface area (Å²) in [6.07, 6.45) is 42.1. The first-order chi connectivity index (χ1) is 25.0. The highest BCUT2D eigenvalue weighted by Gasteiger charge is 2.27. The van der Waals surface area contributed by atoms with E-state index in [0.29, 0.717) is 17.4 Å². The van der Waals surface area contributed by atoms with E-state index in [1.807, 2.05) is 27.2 Å². The van der Waals surface area contributed by atoms with Crippen molar-refractivity contribution >= 4 is 13.7 Å². The Morgan fingerprint density at radius 2 is 1.06 bits per heavy atom. The number of aliphatic hydroxyl groups is 1. The number of hydrogen-bond acceptors (Lipinski definition) is 5. The molecule has 0 radical (unpaired) electrons. The zero-order chi connectivity index (χ0) is 38.6. The van der Waals surface area contributed by atoms with Gasteiger partial charge in [-0.05, 0) is 44.9 Å². The number of amides is 1. The highest BCUT2D eigenvalue weighted by Crippen LogP contribution is 2.43. The summed E-state index contributed by atoms with van der Waals surface area (Å²) in [5.74, 6) is -0.193. The average molecular weight is 756 g/mol. The predicted molar refractivity (Wildman–Crippen MR) is 221 cm³/mol. The summed E-state index contributed by atoms with van der Waals surface area (Å²) in [6.45, 7) is 4.76. The van der Waals surface area contributed by atoms with E-state index in [-0.39, 0.29) is 19.1 Å². The third-order valence-electron chi connectivity index (χ3n) is 9.34. The summed E-state index contributed by atoms with van der Waals surface area (Å²) in [5, 5.41) is 13.8. The molecule has 0 aromatic heterocycles. The monoisotopic (exact) mass is 756 g/mol. The van der Waals surface area contributed by atoms with Crippen LogP contribution in [0.1, 0.15) is 181 Å². The maximum absolute atomic E-state index is 12.8. The van der Waals surface area contributed by atoms with Crippen LogP contribution in [0.2, 0.25) is 0 Å². The molecule has 9 heteroatoms. The average Bonchev–Trinajstić information content (AvgIpc) is 3.09. The minimum Gasteiger partial charge on any atom is -0.387 e. The first-order valence-electron chi connectivity index (χ1n) is 21.4. The Balaban J connectivity index is 4.53. The number of hydrogen-bond donors (Lipinski definition) is 3. The van der Waals surface area contributed by atoms with Gasteiger partial charge in [0, 0.05) is 6.42 Å². The van der Waals surface area contributed by atoms with Gasteiger partial charge < -0.3 is 19.8 Å². The number of rotatable bonds is 38. The van der Waals surface area contributed by atoms with Gasteiger partial charge in [0.25, 0.3) is 0 Å². The standard InChI is InChI=1S/C43H83N2O6P/c1-6-8-10-12-14-16-18-20-21-22-23-24-25-26-28-30-32-34-36-42(46)41(40-51-52(48,49)50-39-38-45(3,4)5)44-43(47)37-35-33-31-29-27-19-17-15-13-11-9-7-2/h22-23,26,28,34,36,41-42,46H,6-21,24-25,27,29-33,35,37-40H2,1-5H3,(H-,44,47,48,49)/p+1/b23-22+,28-26+,36-34+. The quantitative estimate of drug-likeness (QED) is 0.0251. The van der Waals surface area contributed by atoms with Crippen molar-refractivity contribution in [1.82, 2.24) is 5.32 Å². The SMILES string of the molecule is CCCCCCCCCC/C=C/CC/C=C/CC/C=C/C(O)C(COP(=O)(O)OCC[N+](C)(C)C)NC(=O)CCCCCCCCCCCCCC. The molecule has 0 bridgehead atoms. The highest BCUT2D eigenvalue weighted by molar-refractivity contribution is 7.47. The van der Waals surface area contributed by atoms with Gasteiger partial charge in [-0.1, -0.05) is 166 Å². The van der Waals surface area contributed by atoms with Crippen LogP contribution in [0, 0.1) is 0 Å². The Morgan fingerprint density at radius 1 is 0.635 bits per heavy atom. The molecule has 0 aliphatic heterocycles. The fourth-order valence-corrected chi connectivity index (χ4v) is 6.63. The second kappa shape index (κ2) is 35.4. The molecule has 8 nitrogen and oxygen atoms in total. The Hall–Kier alpha value is -1.28. The molecule has 0 rings (SSSR count). The summed E-state index contributed by atoms with van der Waals surface area (Å²) >= 11 is 0. The van der Waals surface area contributed by atoms with Crippen LogP contribution in [0.5, 0.6) is 0 Å². The number of nitrogens with zero attached hydrogens (tertiary/aromatic N) is 1. The molecule has 0 heterocycles. The minimum atomic E-state index is -4.34. The molecule has 0 fully saturated rings. The summed E-state index contributed by atoms with van der Waals surface area (Å²) in [7, 11) is 1.55. The molecule has 0 aliphatic carbocycles. The Morgan fingerprint density at radius 3 is 1.54 bits per heavy atom. The lowest BCUT2D eigenvalue weighted by Gasteiger charge is -2.25. The smallest absolute Gasteiger partial charge is 0.387 e. The van der Waals surface area contributed by atoms with E-state index in [0.717, 1.165) is 44.9 Å². The van der Waals surface area contributed by atoms with E-state index in [1.54, 1.807) is 6.08 Å². The van der Waals surface area contributed by atoms with Crippen LogP contribution in [-0.2, 0) is 18.4 Å². The van der Waals surface area contributed by atoms with Crippen molar-refractivity contribution in [3.8, 4) is 0 Å². The molecular formula is C43H84N2O6P+. The van der Waals surface area contributed by atoms with Gasteiger partial charge in [0.15, 0.2) is 0 Å². The third-order valence-corrected chi connectivity index (χ3v) is 10.3. The molecule has 0 aromatic rings. The zero-order valence-electron chi connectivity index (χ0n) is 34.5. The van der Waals surface area contributed by atoms with Crippen LogP contribution in [0.4, 0.5) is 0 Å². The topological polar surface area (TPSA) is 105 Å². The first kappa shape index (κ1) is 50.7. The molecule has 306 valence electrons. The molecule has 3 atom stereocenters. The maximum atomic E-state index is 12.8. The number of quaternary nitrogens is 1. The van der Waals surface area contributed by atoms with Gasteiger partial charge in [0.1, 0.15) is 13.2 Å².